The summed E-state index contributed by atoms with van der Waals surface area (Å²) in [6, 6.07) is 54.4. The molecule has 81 heavy (non-hydrogen) atoms. The number of fused-ring (bicyclic) bond motifs is 15. The van der Waals surface area contributed by atoms with Crippen LogP contribution in [-0.2, 0) is 43.3 Å². The van der Waals surface area contributed by atoms with E-state index in [4.69, 9.17) is 0 Å². The maximum Gasteiger partial charge on any atom is 0.252 e. The largest absolute Gasteiger partial charge is 0.311 e. The first kappa shape index (κ1) is 51.1. The summed E-state index contributed by atoms with van der Waals surface area (Å²) >= 11 is 0. The van der Waals surface area contributed by atoms with Gasteiger partial charge in [0.05, 0.1) is 33.6 Å². The fourth-order valence-corrected chi connectivity index (χ4v) is 18.2. The van der Waals surface area contributed by atoms with Crippen LogP contribution in [0.15, 0.2) is 133 Å². The van der Waals surface area contributed by atoms with Crippen LogP contribution >= 0.6 is 0 Å². The van der Waals surface area contributed by atoms with Crippen molar-refractivity contribution >= 4 is 95.3 Å². The molecule has 0 saturated carbocycles. The van der Waals surface area contributed by atoms with Crippen LogP contribution in [0.5, 0.6) is 0 Å². The first-order valence-corrected chi connectivity index (χ1v) is 30.5. The van der Waals surface area contributed by atoms with E-state index in [1.165, 1.54) is 144 Å². The third-order valence-corrected chi connectivity index (χ3v) is 21.1. The highest BCUT2D eigenvalue weighted by Gasteiger charge is 2.52. The predicted molar refractivity (Wildman–Crippen MR) is 350 cm³/mol. The van der Waals surface area contributed by atoms with E-state index in [-0.39, 0.29) is 50.0 Å². The van der Waals surface area contributed by atoms with Gasteiger partial charge in [0, 0.05) is 44.2 Å². The Morgan fingerprint density at radius 2 is 0.852 bits per heavy atom. The Bertz CT molecular complexity index is 4420. The summed E-state index contributed by atoms with van der Waals surface area (Å²) < 4.78 is 2.64. The standard InChI is InChI=1S/C77H82BN3/c1-70(2,3)45-28-33-61(50(36-45)44-27-31-51-53(35-44)74(11,12)41-72(51,7)8)81-62-34-29-46(71(4,5)6)37-57(62)78-58-39-55-56(77(17,18)43-76(55,15)16)40-63(58)79(47-30-32-52-54(38-47)75(13,14)42-73(52,9)10)68-64-48-23-19-21-25-59(48)80-60-26-22-20-24-49(60)65(67(64)80)69(81)66(68)78/h19-40H,41-43H2,1-18H3. The lowest BCUT2D eigenvalue weighted by atomic mass is 9.33. The predicted octanol–water partition coefficient (Wildman–Crippen LogP) is 19.1. The van der Waals surface area contributed by atoms with Crippen molar-refractivity contribution in [2.45, 2.75) is 187 Å². The van der Waals surface area contributed by atoms with Crippen LogP contribution in [0.1, 0.15) is 188 Å². The number of hydrogen-bond donors (Lipinski definition) is 0. The third-order valence-electron chi connectivity index (χ3n) is 21.1. The van der Waals surface area contributed by atoms with Gasteiger partial charge < -0.3 is 14.2 Å². The normalized spacial score (nSPS) is 19.4. The molecule has 2 aliphatic heterocycles. The number of benzene rings is 8. The van der Waals surface area contributed by atoms with E-state index in [0.29, 0.717) is 0 Å². The van der Waals surface area contributed by atoms with Crippen molar-refractivity contribution < 1.29 is 0 Å². The van der Waals surface area contributed by atoms with Crippen molar-refractivity contribution in [2.24, 2.45) is 0 Å². The van der Waals surface area contributed by atoms with Crippen molar-refractivity contribution in [3.05, 3.63) is 178 Å². The summed E-state index contributed by atoms with van der Waals surface area (Å²) in [5.41, 5.74) is 29.9. The third kappa shape index (κ3) is 6.83. The molecule has 15 rings (SSSR count). The summed E-state index contributed by atoms with van der Waals surface area (Å²) in [6.45, 7) is 44.0. The van der Waals surface area contributed by atoms with Gasteiger partial charge >= 0.3 is 0 Å². The van der Waals surface area contributed by atoms with Crippen LogP contribution in [0.4, 0.5) is 34.1 Å². The molecule has 0 amide bonds. The van der Waals surface area contributed by atoms with E-state index in [0.717, 1.165) is 19.3 Å². The lowest BCUT2D eigenvalue weighted by Crippen LogP contribution is -2.62. The zero-order valence-corrected chi connectivity index (χ0v) is 51.7. The minimum absolute atomic E-state index is 0.00446. The highest BCUT2D eigenvalue weighted by molar-refractivity contribution is 7.01. The van der Waals surface area contributed by atoms with Crippen LogP contribution in [0.25, 0.3) is 49.2 Å². The number of anilines is 6. The van der Waals surface area contributed by atoms with Gasteiger partial charge in [-0.2, -0.15) is 0 Å². The van der Waals surface area contributed by atoms with E-state index >= 15 is 0 Å². The smallest absolute Gasteiger partial charge is 0.252 e. The average Bonchev–Trinajstić information content (AvgIpc) is 1.89. The van der Waals surface area contributed by atoms with Gasteiger partial charge in [0.15, 0.2) is 0 Å². The minimum Gasteiger partial charge on any atom is -0.311 e. The molecule has 408 valence electrons. The number of hydrogen-bond acceptors (Lipinski definition) is 2. The quantitative estimate of drug-likeness (QED) is 0.163. The Balaban J connectivity index is 1.17. The molecule has 4 heterocycles. The van der Waals surface area contributed by atoms with Gasteiger partial charge in [-0.1, -0.05) is 210 Å². The molecule has 4 heteroatoms. The molecule has 0 saturated heterocycles. The number of aromatic nitrogens is 1. The molecule has 0 unspecified atom stereocenters. The van der Waals surface area contributed by atoms with Gasteiger partial charge in [-0.15, -0.1) is 0 Å². The molecule has 0 N–H and O–H groups in total. The molecule has 0 atom stereocenters. The molecular weight excluding hydrogens is 978 g/mol. The van der Waals surface area contributed by atoms with Crippen molar-refractivity contribution in [3.8, 4) is 11.1 Å². The molecule has 0 bridgehead atoms. The van der Waals surface area contributed by atoms with E-state index in [1.54, 1.807) is 0 Å². The minimum atomic E-state index is -0.0870. The Morgan fingerprint density at radius 3 is 1.42 bits per heavy atom. The second-order valence-corrected chi connectivity index (χ2v) is 32.0. The van der Waals surface area contributed by atoms with Gasteiger partial charge in [-0.3, -0.25) is 0 Å². The fraction of sp³-hybridized carbons (Fsp3) is 0.377. The lowest BCUT2D eigenvalue weighted by molar-refractivity contribution is 0.402. The Hall–Kier alpha value is -6.78. The monoisotopic (exact) mass is 1060 g/mol. The van der Waals surface area contributed by atoms with Crippen LogP contribution in [-0.4, -0.2) is 11.1 Å². The number of rotatable bonds is 3. The zero-order chi connectivity index (χ0) is 57.0. The summed E-state index contributed by atoms with van der Waals surface area (Å²) in [6.07, 6.45) is 3.35. The van der Waals surface area contributed by atoms with Gasteiger partial charge in [-0.05, 0) is 178 Å². The molecule has 8 aromatic carbocycles. The summed E-state index contributed by atoms with van der Waals surface area (Å²) in [5.74, 6) is 0. The van der Waals surface area contributed by atoms with Crippen LogP contribution in [0.3, 0.4) is 0 Å². The van der Waals surface area contributed by atoms with Gasteiger partial charge in [-0.25, -0.2) is 0 Å². The zero-order valence-electron chi connectivity index (χ0n) is 51.7. The molecule has 3 aliphatic carbocycles. The van der Waals surface area contributed by atoms with E-state index in [9.17, 15) is 0 Å². The van der Waals surface area contributed by atoms with Gasteiger partial charge in [0.2, 0.25) is 0 Å². The molecule has 10 aromatic rings. The number of nitrogens with zero attached hydrogens (tertiary/aromatic N) is 3. The molecule has 0 fully saturated rings. The van der Waals surface area contributed by atoms with Crippen LogP contribution in [0, 0.1) is 0 Å². The molecule has 0 radical (unpaired) electrons. The molecule has 0 spiro atoms. The maximum atomic E-state index is 2.80. The SMILES string of the molecule is CC(C)(C)c1ccc2c(c1)B1c3cc4c(cc3N(c3ccc5c(c3)C(C)(C)CC5(C)C)c3c1c(c1c5ccccc5n5c6ccccc6c3c15)N2c1ccc(C(C)(C)C)cc1-c1ccc2c(c1)C(C)(C)CC2(C)C)C(C)(C)CC4(C)C. The Kier molecular flexibility index (Phi) is 9.88. The number of para-hydroxylation sites is 2. The summed E-state index contributed by atoms with van der Waals surface area (Å²) in [5, 5.41) is 5.27. The Labute approximate surface area is 483 Å². The molecule has 5 aliphatic rings. The second-order valence-electron chi connectivity index (χ2n) is 32.0. The van der Waals surface area contributed by atoms with Crippen LogP contribution < -0.4 is 26.2 Å². The summed E-state index contributed by atoms with van der Waals surface area (Å²) in [4.78, 5) is 5.59. The highest BCUT2D eigenvalue weighted by atomic mass is 15.2. The van der Waals surface area contributed by atoms with E-state index in [1.807, 2.05) is 0 Å². The fourth-order valence-electron chi connectivity index (χ4n) is 18.2. The lowest BCUT2D eigenvalue weighted by Gasteiger charge is -2.46. The van der Waals surface area contributed by atoms with Crippen molar-refractivity contribution in [3.63, 3.8) is 0 Å². The van der Waals surface area contributed by atoms with Crippen molar-refractivity contribution in [1.82, 2.24) is 4.40 Å². The first-order valence-electron chi connectivity index (χ1n) is 30.5. The Morgan fingerprint density at radius 1 is 0.395 bits per heavy atom. The van der Waals surface area contributed by atoms with E-state index < -0.39 is 0 Å². The molecule has 2 aromatic heterocycles. The van der Waals surface area contributed by atoms with Gasteiger partial charge in [0.25, 0.3) is 6.71 Å². The molecule has 3 nitrogen and oxygen atoms in total. The van der Waals surface area contributed by atoms with Crippen molar-refractivity contribution in [2.75, 3.05) is 9.80 Å². The second kappa shape index (κ2) is 15.7. The van der Waals surface area contributed by atoms with Crippen molar-refractivity contribution in [1.29, 1.82) is 0 Å². The molecular formula is C77H82BN3. The van der Waals surface area contributed by atoms with Gasteiger partial charge in [0.1, 0.15) is 0 Å². The first-order chi connectivity index (χ1) is 37.9. The topological polar surface area (TPSA) is 10.9 Å². The van der Waals surface area contributed by atoms with Crippen LogP contribution in [0.2, 0.25) is 0 Å². The average molecular weight is 1060 g/mol. The maximum absolute atomic E-state index is 2.80. The highest BCUT2D eigenvalue weighted by Crippen LogP contribution is 2.60. The summed E-state index contributed by atoms with van der Waals surface area (Å²) in [7, 11) is 0. The van der Waals surface area contributed by atoms with E-state index in [2.05, 4.69) is 272 Å².